The molecule has 0 bridgehead atoms. The summed E-state index contributed by atoms with van der Waals surface area (Å²) in [5, 5.41) is 73.0. The highest BCUT2D eigenvalue weighted by atomic mass is 16.8. The topological polar surface area (TPSA) is 353 Å². The Morgan fingerprint density at radius 1 is 0.524 bits per heavy atom. The van der Waals surface area contributed by atoms with Gasteiger partial charge in [0.25, 0.3) is 0 Å². The average Bonchev–Trinajstić information content (AvgIpc) is 3.27. The van der Waals surface area contributed by atoms with Crippen LogP contribution < -0.4 is 34.4 Å². The van der Waals surface area contributed by atoms with Crippen molar-refractivity contribution in [3.8, 4) is 0 Å². The summed E-state index contributed by atoms with van der Waals surface area (Å²) in [5.41, 5.74) is 35.6. The van der Waals surface area contributed by atoms with Gasteiger partial charge >= 0.3 is 0 Å². The minimum absolute atomic E-state index is 0.0889. The lowest BCUT2D eigenvalue weighted by molar-refractivity contribution is -0.306. The van der Waals surface area contributed by atoms with E-state index >= 15 is 0 Å². The van der Waals surface area contributed by atoms with Gasteiger partial charge in [0.2, 0.25) is 0 Å². The van der Waals surface area contributed by atoms with E-state index in [4.69, 9.17) is 62.8 Å². The van der Waals surface area contributed by atoms with Gasteiger partial charge in [-0.2, -0.15) is 0 Å². The van der Waals surface area contributed by atoms with E-state index < -0.39 is 123 Å². The normalized spacial score (nSPS) is 53.8. The molecular formula is C23H46N6O13. The summed E-state index contributed by atoms with van der Waals surface area (Å²) in [5.74, 6) is 0. The molecule has 19 N–H and O–H groups in total. The molecule has 0 spiro atoms. The molecule has 246 valence electrons. The molecule has 19 atom stereocenters. The maximum Gasteiger partial charge on any atom is 0.187 e. The van der Waals surface area contributed by atoms with Crippen molar-refractivity contribution in [3.05, 3.63) is 0 Å². The molecule has 3 saturated heterocycles. The zero-order valence-corrected chi connectivity index (χ0v) is 22.8. The molecule has 1 saturated carbocycles. The number of hydrogen-bond donors (Lipinski definition) is 13. The van der Waals surface area contributed by atoms with Crippen molar-refractivity contribution >= 4 is 0 Å². The molecular weight excluding hydrogens is 568 g/mol. The summed E-state index contributed by atoms with van der Waals surface area (Å²) in [6.45, 7) is -0.967. The molecule has 0 aromatic carbocycles. The van der Waals surface area contributed by atoms with Crippen LogP contribution in [0.5, 0.6) is 0 Å². The smallest absolute Gasteiger partial charge is 0.187 e. The molecule has 1 aliphatic carbocycles. The Hall–Kier alpha value is -0.760. The van der Waals surface area contributed by atoms with Gasteiger partial charge in [-0.05, 0) is 6.42 Å². The standard InChI is InChI=1S/C23H46N6O13/c24-2-7-13(32)15(34)10(28)21(37-7)40-18-6(27)1-5(26)12(31)20(18)42-23-17(36)19(9(4-30)39-23)41-22-11(29)16(35)14(33)8(3-25)38-22/h5-23,30-36H,1-4,24-29H2/t5-,6?,7?,8?,9-,10?,11?,12?,13-,14-,15-,16?,17?,18-,19+,20-,21+,22-,23+/m1/s1. The number of aliphatic hydroxyl groups is 7. The van der Waals surface area contributed by atoms with E-state index in [2.05, 4.69) is 0 Å². The second-order valence-electron chi connectivity index (χ2n) is 11.2. The molecule has 19 nitrogen and oxygen atoms in total. The summed E-state index contributed by atoms with van der Waals surface area (Å²) in [6, 6.07) is -4.18. The SMILES string of the molecule is NCC1O[C@H](O[C@@H]2C(O)[C@H](O[C@@H]3C(O)[C@H](N)CC(N)[C@H]3O[C@@H]3OC(CN)[C@@H](O)[C@H](O)C3N)O[C@@H]2CO)C(N)C(O)[C@@H]1O. The van der Waals surface area contributed by atoms with E-state index in [-0.39, 0.29) is 19.5 Å². The van der Waals surface area contributed by atoms with Crippen LogP contribution >= 0.6 is 0 Å². The number of aliphatic hydroxyl groups excluding tert-OH is 7. The summed E-state index contributed by atoms with van der Waals surface area (Å²) in [7, 11) is 0. The Labute approximate surface area is 241 Å². The lowest BCUT2D eigenvalue weighted by Gasteiger charge is -2.47. The number of ether oxygens (including phenoxy) is 6. The molecule has 0 amide bonds. The Kier molecular flexibility index (Phi) is 11.5. The largest absolute Gasteiger partial charge is 0.394 e. The van der Waals surface area contributed by atoms with Crippen molar-refractivity contribution in [2.75, 3.05) is 19.7 Å². The first kappa shape index (κ1) is 34.1. The van der Waals surface area contributed by atoms with Gasteiger partial charge in [-0.3, -0.25) is 0 Å². The van der Waals surface area contributed by atoms with Crippen LogP contribution in [0.3, 0.4) is 0 Å². The average molecular weight is 615 g/mol. The molecule has 4 rings (SSSR count). The van der Waals surface area contributed by atoms with Crippen molar-refractivity contribution in [1.29, 1.82) is 0 Å². The summed E-state index contributed by atoms with van der Waals surface area (Å²) in [6.07, 6.45) is -19.8. The molecule has 4 aliphatic rings. The third kappa shape index (κ3) is 6.60. The van der Waals surface area contributed by atoms with E-state index in [1.807, 2.05) is 0 Å². The minimum Gasteiger partial charge on any atom is -0.394 e. The molecule has 19 heteroatoms. The molecule has 3 aliphatic heterocycles. The predicted molar refractivity (Wildman–Crippen MR) is 138 cm³/mol. The lowest BCUT2D eigenvalue weighted by Crippen LogP contribution is -2.68. The summed E-state index contributed by atoms with van der Waals surface area (Å²) in [4.78, 5) is 0. The van der Waals surface area contributed by atoms with E-state index in [9.17, 15) is 35.7 Å². The van der Waals surface area contributed by atoms with E-state index in [1.54, 1.807) is 0 Å². The second kappa shape index (κ2) is 14.1. The fourth-order valence-corrected chi connectivity index (χ4v) is 5.74. The maximum atomic E-state index is 11.1. The highest BCUT2D eigenvalue weighted by molar-refractivity contribution is 5.02. The number of hydrogen-bond acceptors (Lipinski definition) is 19. The van der Waals surface area contributed by atoms with E-state index in [0.717, 1.165) is 0 Å². The van der Waals surface area contributed by atoms with Crippen molar-refractivity contribution in [3.63, 3.8) is 0 Å². The molecule has 0 radical (unpaired) electrons. The van der Waals surface area contributed by atoms with Crippen LogP contribution in [0.25, 0.3) is 0 Å². The number of rotatable bonds is 9. The second-order valence-corrected chi connectivity index (χ2v) is 11.2. The van der Waals surface area contributed by atoms with Crippen LogP contribution in [0.2, 0.25) is 0 Å². The zero-order valence-electron chi connectivity index (χ0n) is 22.8. The predicted octanol–water partition coefficient (Wildman–Crippen LogP) is -8.90. The molecule has 8 unspecified atom stereocenters. The Morgan fingerprint density at radius 3 is 1.45 bits per heavy atom. The first-order valence-electron chi connectivity index (χ1n) is 13.9. The minimum atomic E-state index is -1.60. The van der Waals surface area contributed by atoms with Gasteiger partial charge in [0.15, 0.2) is 18.9 Å². The van der Waals surface area contributed by atoms with Crippen LogP contribution in [-0.2, 0) is 28.4 Å². The summed E-state index contributed by atoms with van der Waals surface area (Å²) >= 11 is 0. The van der Waals surface area contributed by atoms with Gasteiger partial charge in [-0.1, -0.05) is 0 Å². The third-order valence-electron chi connectivity index (χ3n) is 8.37. The van der Waals surface area contributed by atoms with Crippen molar-refractivity contribution in [2.45, 2.75) is 123 Å². The van der Waals surface area contributed by atoms with Crippen molar-refractivity contribution in [1.82, 2.24) is 0 Å². The summed E-state index contributed by atoms with van der Waals surface area (Å²) < 4.78 is 34.6. The van der Waals surface area contributed by atoms with Crippen molar-refractivity contribution < 1.29 is 64.2 Å². The lowest BCUT2D eigenvalue weighted by atomic mass is 9.84. The molecule has 4 fully saturated rings. The highest BCUT2D eigenvalue weighted by Crippen LogP contribution is 2.34. The zero-order chi connectivity index (χ0) is 31.0. The van der Waals surface area contributed by atoms with Gasteiger partial charge in [0.05, 0.1) is 24.8 Å². The van der Waals surface area contributed by atoms with Crippen molar-refractivity contribution in [2.24, 2.45) is 34.4 Å². The number of nitrogens with two attached hydrogens (primary N) is 6. The van der Waals surface area contributed by atoms with Gasteiger partial charge in [-0.25, -0.2) is 0 Å². The van der Waals surface area contributed by atoms with Gasteiger partial charge < -0.3 is 98.6 Å². The first-order chi connectivity index (χ1) is 19.8. The van der Waals surface area contributed by atoms with Crippen LogP contribution in [-0.4, -0.2) is 172 Å². The molecule has 0 aromatic heterocycles. The molecule has 3 heterocycles. The van der Waals surface area contributed by atoms with Gasteiger partial charge in [0, 0.05) is 25.2 Å². The first-order valence-corrected chi connectivity index (χ1v) is 13.9. The van der Waals surface area contributed by atoms with Gasteiger partial charge in [-0.15, -0.1) is 0 Å². The fourth-order valence-electron chi connectivity index (χ4n) is 5.74. The van der Waals surface area contributed by atoms with Crippen LogP contribution in [0.4, 0.5) is 0 Å². The molecule has 0 aromatic rings. The van der Waals surface area contributed by atoms with Crippen LogP contribution in [0.1, 0.15) is 6.42 Å². The van der Waals surface area contributed by atoms with Gasteiger partial charge in [0.1, 0.15) is 67.1 Å². The third-order valence-corrected chi connectivity index (χ3v) is 8.37. The quantitative estimate of drug-likeness (QED) is 0.115. The Bertz CT molecular complexity index is 868. The van der Waals surface area contributed by atoms with Crippen LogP contribution in [0, 0.1) is 0 Å². The fraction of sp³-hybridized carbons (Fsp3) is 1.00. The van der Waals surface area contributed by atoms with E-state index in [0.29, 0.717) is 0 Å². The Morgan fingerprint density at radius 2 is 0.976 bits per heavy atom. The monoisotopic (exact) mass is 614 g/mol. The highest BCUT2D eigenvalue weighted by Gasteiger charge is 2.54. The van der Waals surface area contributed by atoms with Crippen LogP contribution in [0.15, 0.2) is 0 Å². The van der Waals surface area contributed by atoms with E-state index in [1.165, 1.54) is 0 Å². The molecule has 42 heavy (non-hydrogen) atoms. The Balaban J connectivity index is 1.50. The maximum absolute atomic E-state index is 11.1.